The molecule has 0 aliphatic carbocycles. The van der Waals surface area contributed by atoms with E-state index in [1.807, 2.05) is 0 Å². The second-order valence-electron chi connectivity index (χ2n) is 4.69. The van der Waals surface area contributed by atoms with Gasteiger partial charge in [0.05, 0.1) is 17.2 Å². The predicted octanol–water partition coefficient (Wildman–Crippen LogP) is 0.447. The Morgan fingerprint density at radius 1 is 1.61 bits per heavy atom. The van der Waals surface area contributed by atoms with Gasteiger partial charge in [-0.05, 0) is 19.3 Å². The van der Waals surface area contributed by atoms with Crippen LogP contribution in [0.5, 0.6) is 0 Å². The Labute approximate surface area is 107 Å². The third kappa shape index (κ3) is 2.48. The van der Waals surface area contributed by atoms with Crippen LogP contribution in [0.3, 0.4) is 0 Å². The lowest BCUT2D eigenvalue weighted by Gasteiger charge is -2.11. The van der Waals surface area contributed by atoms with Crippen LogP contribution in [0.1, 0.15) is 17.7 Å². The van der Waals surface area contributed by atoms with E-state index in [1.165, 1.54) is 0 Å². The zero-order chi connectivity index (χ0) is 13.3. The summed E-state index contributed by atoms with van der Waals surface area (Å²) in [6, 6.07) is 2.11. The Kier molecular flexibility index (Phi) is 3.30. The van der Waals surface area contributed by atoms with E-state index in [0.717, 1.165) is 0 Å². The van der Waals surface area contributed by atoms with E-state index < -0.39 is 9.84 Å². The normalized spacial score (nSPS) is 21.7. The van der Waals surface area contributed by atoms with Crippen LogP contribution < -0.4 is 5.32 Å². The number of anilines is 1. The third-order valence-corrected chi connectivity index (χ3v) is 5.06. The van der Waals surface area contributed by atoms with Crippen molar-refractivity contribution in [2.45, 2.75) is 13.3 Å². The fourth-order valence-electron chi connectivity index (χ4n) is 2.27. The Balaban J connectivity index is 2.06. The van der Waals surface area contributed by atoms with Gasteiger partial charge in [-0.15, -0.1) is 0 Å². The number of sulfone groups is 1. The van der Waals surface area contributed by atoms with Gasteiger partial charge in [-0.25, -0.2) is 8.42 Å². The minimum atomic E-state index is -2.85. The summed E-state index contributed by atoms with van der Waals surface area (Å²) in [5.74, 6) is 1.30. The second-order valence-corrected chi connectivity index (χ2v) is 6.92. The molecule has 0 spiro atoms. The van der Waals surface area contributed by atoms with Gasteiger partial charge >= 0.3 is 0 Å². The van der Waals surface area contributed by atoms with Gasteiger partial charge in [0.25, 0.3) is 0 Å². The fourth-order valence-corrected chi connectivity index (χ4v) is 4.13. The van der Waals surface area contributed by atoms with Gasteiger partial charge in [-0.2, -0.15) is 10.4 Å². The minimum absolute atomic E-state index is 0.122. The Morgan fingerprint density at radius 2 is 2.33 bits per heavy atom. The van der Waals surface area contributed by atoms with Gasteiger partial charge in [0.15, 0.2) is 9.84 Å². The molecule has 2 heterocycles. The van der Waals surface area contributed by atoms with Crippen molar-refractivity contribution in [3.8, 4) is 6.07 Å². The number of hydrogen-bond donors (Lipinski definition) is 1. The molecule has 0 amide bonds. The molecule has 1 aliphatic rings. The number of aryl methyl sites for hydroxylation is 2. The molecule has 6 nitrogen and oxygen atoms in total. The van der Waals surface area contributed by atoms with E-state index in [-0.39, 0.29) is 17.4 Å². The van der Waals surface area contributed by atoms with E-state index in [1.54, 1.807) is 18.7 Å². The number of nitrogens with one attached hydrogen (secondary N) is 1. The molecule has 1 aliphatic heterocycles. The molecule has 1 N–H and O–H groups in total. The molecule has 0 saturated carbocycles. The first kappa shape index (κ1) is 12.9. The van der Waals surface area contributed by atoms with Crippen molar-refractivity contribution in [3.05, 3.63) is 11.3 Å². The maximum absolute atomic E-state index is 11.3. The summed E-state index contributed by atoms with van der Waals surface area (Å²) in [6.07, 6.45) is 0.689. The summed E-state index contributed by atoms with van der Waals surface area (Å²) in [5.41, 5.74) is 1.21. The van der Waals surface area contributed by atoms with Crippen molar-refractivity contribution in [1.82, 2.24) is 9.78 Å². The summed E-state index contributed by atoms with van der Waals surface area (Å²) < 4.78 is 24.3. The van der Waals surface area contributed by atoms with Crippen molar-refractivity contribution < 1.29 is 8.42 Å². The zero-order valence-corrected chi connectivity index (χ0v) is 11.3. The van der Waals surface area contributed by atoms with Crippen LogP contribution in [0.4, 0.5) is 5.82 Å². The first-order valence-corrected chi connectivity index (χ1v) is 7.63. The van der Waals surface area contributed by atoms with Gasteiger partial charge < -0.3 is 5.32 Å². The molecule has 98 valence electrons. The molecule has 1 aromatic rings. The molecule has 1 aromatic heterocycles. The predicted molar refractivity (Wildman–Crippen MR) is 67.9 cm³/mol. The standard InChI is InChI=1S/C11H16N4O2S/c1-8-10(5-12)11(15(2)14-8)13-6-9-3-4-18(16,17)7-9/h9,13H,3-4,6-7H2,1-2H3. The van der Waals surface area contributed by atoms with Crippen molar-refractivity contribution in [2.75, 3.05) is 23.4 Å². The largest absolute Gasteiger partial charge is 0.369 e. The lowest BCUT2D eigenvalue weighted by molar-refractivity contribution is 0.595. The highest BCUT2D eigenvalue weighted by molar-refractivity contribution is 7.91. The molecule has 1 fully saturated rings. The molecular weight excluding hydrogens is 252 g/mol. The molecule has 1 saturated heterocycles. The Bertz CT molecular complexity index is 597. The fraction of sp³-hybridized carbons (Fsp3) is 0.636. The van der Waals surface area contributed by atoms with E-state index in [4.69, 9.17) is 5.26 Å². The van der Waals surface area contributed by atoms with Gasteiger partial charge in [0.2, 0.25) is 0 Å². The van der Waals surface area contributed by atoms with Gasteiger partial charge in [0, 0.05) is 13.6 Å². The summed E-state index contributed by atoms with van der Waals surface area (Å²) >= 11 is 0. The van der Waals surface area contributed by atoms with Crippen LogP contribution in [0.2, 0.25) is 0 Å². The molecular formula is C11H16N4O2S. The van der Waals surface area contributed by atoms with Crippen molar-refractivity contribution in [1.29, 1.82) is 5.26 Å². The topological polar surface area (TPSA) is 87.8 Å². The summed E-state index contributed by atoms with van der Waals surface area (Å²) in [7, 11) is -1.08. The molecule has 18 heavy (non-hydrogen) atoms. The number of hydrogen-bond acceptors (Lipinski definition) is 5. The van der Waals surface area contributed by atoms with Crippen LogP contribution in [0.15, 0.2) is 0 Å². The lowest BCUT2D eigenvalue weighted by Crippen LogP contribution is -2.17. The van der Waals surface area contributed by atoms with E-state index >= 15 is 0 Å². The average molecular weight is 268 g/mol. The smallest absolute Gasteiger partial charge is 0.150 e. The molecule has 0 aromatic carbocycles. The Morgan fingerprint density at radius 3 is 2.89 bits per heavy atom. The highest BCUT2D eigenvalue weighted by atomic mass is 32.2. The van der Waals surface area contributed by atoms with Gasteiger partial charge in [0.1, 0.15) is 17.5 Å². The number of nitriles is 1. The SMILES string of the molecule is Cc1nn(C)c(NCC2CCS(=O)(=O)C2)c1C#N. The highest BCUT2D eigenvalue weighted by Crippen LogP contribution is 2.21. The summed E-state index contributed by atoms with van der Waals surface area (Å²) in [6.45, 7) is 2.34. The number of aromatic nitrogens is 2. The number of rotatable bonds is 3. The maximum Gasteiger partial charge on any atom is 0.150 e. The van der Waals surface area contributed by atoms with Crippen LogP contribution in [0, 0.1) is 24.2 Å². The van der Waals surface area contributed by atoms with Crippen molar-refractivity contribution in [3.63, 3.8) is 0 Å². The summed E-state index contributed by atoms with van der Waals surface area (Å²) in [5, 5.41) is 16.4. The van der Waals surface area contributed by atoms with Crippen molar-refractivity contribution in [2.24, 2.45) is 13.0 Å². The van der Waals surface area contributed by atoms with Crippen LogP contribution in [0.25, 0.3) is 0 Å². The molecule has 7 heteroatoms. The van der Waals surface area contributed by atoms with Gasteiger partial charge in [-0.3, -0.25) is 4.68 Å². The van der Waals surface area contributed by atoms with Crippen LogP contribution in [-0.4, -0.2) is 36.2 Å². The first-order chi connectivity index (χ1) is 8.43. The highest BCUT2D eigenvalue weighted by Gasteiger charge is 2.28. The molecule has 0 bridgehead atoms. The molecule has 1 atom stereocenters. The third-order valence-electron chi connectivity index (χ3n) is 3.22. The van der Waals surface area contributed by atoms with E-state index in [0.29, 0.717) is 30.0 Å². The zero-order valence-electron chi connectivity index (χ0n) is 10.5. The Hall–Kier alpha value is -1.55. The quantitative estimate of drug-likeness (QED) is 0.859. The maximum atomic E-state index is 11.3. The van der Waals surface area contributed by atoms with E-state index in [9.17, 15) is 8.42 Å². The summed E-state index contributed by atoms with van der Waals surface area (Å²) in [4.78, 5) is 0. The minimum Gasteiger partial charge on any atom is -0.369 e. The number of nitrogens with zero attached hydrogens (tertiary/aromatic N) is 3. The lowest BCUT2D eigenvalue weighted by atomic mass is 10.1. The van der Waals surface area contributed by atoms with Crippen molar-refractivity contribution >= 4 is 15.7 Å². The second kappa shape index (κ2) is 4.61. The molecule has 1 unspecified atom stereocenters. The molecule has 0 radical (unpaired) electrons. The van der Waals surface area contributed by atoms with Gasteiger partial charge in [-0.1, -0.05) is 0 Å². The van der Waals surface area contributed by atoms with E-state index in [2.05, 4.69) is 16.5 Å². The molecule has 2 rings (SSSR count). The average Bonchev–Trinajstić information content (AvgIpc) is 2.75. The van der Waals surface area contributed by atoms with Crippen LogP contribution >= 0.6 is 0 Å². The monoisotopic (exact) mass is 268 g/mol. The van der Waals surface area contributed by atoms with Crippen LogP contribution in [-0.2, 0) is 16.9 Å². The first-order valence-electron chi connectivity index (χ1n) is 5.81.